The molecule has 106 valence electrons. The molecule has 3 nitrogen and oxygen atoms in total. The van der Waals surface area contributed by atoms with Crippen molar-refractivity contribution in [2.45, 2.75) is 57.3 Å². The molecule has 2 aliphatic rings. The van der Waals surface area contributed by atoms with Gasteiger partial charge in [-0.05, 0) is 51.7 Å². The third kappa shape index (κ3) is 3.86. The molecule has 1 spiro atoms. The zero-order chi connectivity index (χ0) is 13.2. The molecule has 0 aromatic carbocycles. The monoisotopic (exact) mass is 273 g/mol. The Morgan fingerprint density at radius 2 is 2.28 bits per heavy atom. The van der Waals surface area contributed by atoms with Gasteiger partial charge in [-0.1, -0.05) is 0 Å². The second-order valence-corrected chi connectivity index (χ2v) is 7.78. The van der Waals surface area contributed by atoms with Gasteiger partial charge in [0.1, 0.15) is 0 Å². The normalized spacial score (nSPS) is 35.0. The van der Waals surface area contributed by atoms with E-state index in [-0.39, 0.29) is 17.2 Å². The highest BCUT2D eigenvalue weighted by atomic mass is 32.2. The Morgan fingerprint density at radius 1 is 1.50 bits per heavy atom. The van der Waals surface area contributed by atoms with E-state index in [0.29, 0.717) is 12.5 Å². The number of thioether (sulfide) groups is 1. The fraction of sp³-hybridized carbons (Fsp3) is 1.00. The lowest BCUT2D eigenvalue weighted by atomic mass is 9.81. The predicted molar refractivity (Wildman–Crippen MR) is 77.0 cm³/mol. The van der Waals surface area contributed by atoms with Crippen LogP contribution < -0.4 is 5.73 Å². The molecule has 0 amide bonds. The van der Waals surface area contributed by atoms with Crippen LogP contribution in [-0.2, 0) is 9.47 Å². The Balaban J connectivity index is 1.84. The van der Waals surface area contributed by atoms with Crippen LogP contribution in [0.1, 0.15) is 40.0 Å². The van der Waals surface area contributed by atoms with Crippen molar-refractivity contribution in [3.63, 3.8) is 0 Å². The molecule has 0 bridgehead atoms. The lowest BCUT2D eigenvalue weighted by Crippen LogP contribution is -2.47. The Bertz CT molecular complexity index is 271. The van der Waals surface area contributed by atoms with Gasteiger partial charge in [0.2, 0.25) is 0 Å². The highest BCUT2D eigenvalue weighted by molar-refractivity contribution is 7.99. The number of ether oxygens (including phenoxy) is 2. The van der Waals surface area contributed by atoms with Gasteiger partial charge in [0.15, 0.2) is 0 Å². The Hall–Kier alpha value is 0.230. The van der Waals surface area contributed by atoms with Gasteiger partial charge in [0, 0.05) is 18.4 Å². The van der Waals surface area contributed by atoms with Crippen LogP contribution in [0.25, 0.3) is 0 Å². The van der Waals surface area contributed by atoms with Crippen molar-refractivity contribution < 1.29 is 9.47 Å². The molecule has 3 atom stereocenters. The van der Waals surface area contributed by atoms with E-state index in [1.807, 2.05) is 11.8 Å². The minimum absolute atomic E-state index is 0.0936. The van der Waals surface area contributed by atoms with E-state index in [1.54, 1.807) is 0 Å². The minimum atomic E-state index is -0.0936. The lowest BCUT2D eigenvalue weighted by Gasteiger charge is -2.40. The van der Waals surface area contributed by atoms with Crippen molar-refractivity contribution in [2.24, 2.45) is 11.7 Å². The van der Waals surface area contributed by atoms with Crippen LogP contribution in [0, 0.1) is 5.92 Å². The highest BCUT2D eigenvalue weighted by Crippen LogP contribution is 2.41. The summed E-state index contributed by atoms with van der Waals surface area (Å²) in [6.07, 6.45) is 3.40. The fourth-order valence-corrected chi connectivity index (χ4v) is 4.15. The van der Waals surface area contributed by atoms with E-state index >= 15 is 0 Å². The molecule has 0 saturated carbocycles. The molecule has 0 radical (unpaired) electrons. The standard InChI is InChI=1S/C14H27NO2S/c1-13(2,3)17-9-12(15)11-4-6-16-14(8-11)5-7-18-10-14/h11-12H,4-10,15H2,1-3H3. The van der Waals surface area contributed by atoms with E-state index in [1.165, 1.54) is 12.2 Å². The maximum absolute atomic E-state index is 6.32. The Morgan fingerprint density at radius 3 is 2.89 bits per heavy atom. The molecule has 3 unspecified atom stereocenters. The third-order valence-corrected chi connectivity index (χ3v) is 5.14. The summed E-state index contributed by atoms with van der Waals surface area (Å²) in [5.74, 6) is 2.94. The Kier molecular flexibility index (Phi) is 4.63. The molecule has 4 heteroatoms. The van der Waals surface area contributed by atoms with Crippen molar-refractivity contribution in [3.8, 4) is 0 Å². The van der Waals surface area contributed by atoms with Gasteiger partial charge in [0.25, 0.3) is 0 Å². The van der Waals surface area contributed by atoms with Crippen molar-refractivity contribution >= 4 is 11.8 Å². The molecule has 2 rings (SSSR count). The third-order valence-electron chi connectivity index (χ3n) is 3.91. The van der Waals surface area contributed by atoms with E-state index in [4.69, 9.17) is 15.2 Å². The quantitative estimate of drug-likeness (QED) is 0.858. The molecule has 2 aliphatic heterocycles. The summed E-state index contributed by atoms with van der Waals surface area (Å²) in [5, 5.41) is 0. The summed E-state index contributed by atoms with van der Waals surface area (Å²) in [4.78, 5) is 0. The molecule has 2 heterocycles. The smallest absolute Gasteiger partial charge is 0.0783 e. The SMILES string of the molecule is CC(C)(C)OCC(N)C1CCOC2(CCSC2)C1. The second-order valence-electron chi connectivity index (χ2n) is 6.67. The molecular weight excluding hydrogens is 246 g/mol. The van der Waals surface area contributed by atoms with E-state index in [0.717, 1.165) is 25.2 Å². The van der Waals surface area contributed by atoms with Crippen molar-refractivity contribution in [3.05, 3.63) is 0 Å². The number of hydrogen-bond donors (Lipinski definition) is 1. The molecule has 0 aliphatic carbocycles. The van der Waals surface area contributed by atoms with E-state index < -0.39 is 0 Å². The molecule has 0 aromatic heterocycles. The van der Waals surface area contributed by atoms with Crippen LogP contribution in [0.4, 0.5) is 0 Å². The summed E-state index contributed by atoms with van der Waals surface area (Å²) in [5.41, 5.74) is 6.36. The largest absolute Gasteiger partial charge is 0.374 e. The molecule has 2 N–H and O–H groups in total. The van der Waals surface area contributed by atoms with Crippen LogP contribution in [-0.4, -0.2) is 42.0 Å². The van der Waals surface area contributed by atoms with Gasteiger partial charge < -0.3 is 15.2 Å². The first-order valence-corrected chi connectivity index (χ1v) is 8.17. The first-order chi connectivity index (χ1) is 8.40. The number of rotatable bonds is 3. The molecular formula is C14H27NO2S. The highest BCUT2D eigenvalue weighted by Gasteiger charge is 2.41. The summed E-state index contributed by atoms with van der Waals surface area (Å²) >= 11 is 2.01. The fourth-order valence-electron chi connectivity index (χ4n) is 2.78. The zero-order valence-corrected chi connectivity index (χ0v) is 12.7. The van der Waals surface area contributed by atoms with Crippen molar-refractivity contribution in [2.75, 3.05) is 24.7 Å². The van der Waals surface area contributed by atoms with E-state index in [2.05, 4.69) is 20.8 Å². The Labute approximate surface area is 115 Å². The van der Waals surface area contributed by atoms with Gasteiger partial charge in [0.05, 0.1) is 17.8 Å². The van der Waals surface area contributed by atoms with Crippen molar-refractivity contribution in [1.29, 1.82) is 0 Å². The van der Waals surface area contributed by atoms with Gasteiger partial charge in [-0.15, -0.1) is 0 Å². The molecule has 18 heavy (non-hydrogen) atoms. The van der Waals surface area contributed by atoms with Crippen LogP contribution in [0.2, 0.25) is 0 Å². The first-order valence-electron chi connectivity index (χ1n) is 7.02. The number of hydrogen-bond acceptors (Lipinski definition) is 4. The summed E-state index contributed by atoms with van der Waals surface area (Å²) < 4.78 is 11.9. The van der Waals surface area contributed by atoms with Gasteiger partial charge in [-0.2, -0.15) is 11.8 Å². The summed E-state index contributed by atoms with van der Waals surface area (Å²) in [7, 11) is 0. The minimum Gasteiger partial charge on any atom is -0.374 e. The second kappa shape index (κ2) is 5.70. The maximum Gasteiger partial charge on any atom is 0.0783 e. The summed E-state index contributed by atoms with van der Waals surface area (Å²) in [6, 6.07) is 0.149. The first kappa shape index (κ1) is 14.6. The maximum atomic E-state index is 6.32. The van der Waals surface area contributed by atoms with E-state index in [9.17, 15) is 0 Å². The molecule has 2 fully saturated rings. The van der Waals surface area contributed by atoms with Crippen LogP contribution in [0.15, 0.2) is 0 Å². The van der Waals surface area contributed by atoms with Crippen LogP contribution in [0.3, 0.4) is 0 Å². The lowest BCUT2D eigenvalue weighted by molar-refractivity contribution is -0.0926. The summed E-state index contributed by atoms with van der Waals surface area (Å²) in [6.45, 7) is 7.78. The average Bonchev–Trinajstić information content (AvgIpc) is 2.73. The van der Waals surface area contributed by atoms with Crippen LogP contribution in [0.5, 0.6) is 0 Å². The van der Waals surface area contributed by atoms with Crippen molar-refractivity contribution in [1.82, 2.24) is 0 Å². The zero-order valence-electron chi connectivity index (χ0n) is 11.9. The van der Waals surface area contributed by atoms with Crippen LogP contribution >= 0.6 is 11.8 Å². The predicted octanol–water partition coefficient (Wildman–Crippen LogP) is 2.43. The van der Waals surface area contributed by atoms with Gasteiger partial charge >= 0.3 is 0 Å². The van der Waals surface area contributed by atoms with Gasteiger partial charge in [-0.25, -0.2) is 0 Å². The van der Waals surface area contributed by atoms with Gasteiger partial charge in [-0.3, -0.25) is 0 Å². The number of nitrogens with two attached hydrogens (primary N) is 1. The molecule has 0 aromatic rings. The topological polar surface area (TPSA) is 44.5 Å². The molecule has 2 saturated heterocycles. The average molecular weight is 273 g/mol.